The number of aliphatic hydroxyl groups excluding tert-OH is 1. The number of carbonyl (C=O) groups excluding carboxylic acids is 2. The highest BCUT2D eigenvalue weighted by atomic mass is 35.5. The number of amides is 1. The summed E-state index contributed by atoms with van der Waals surface area (Å²) < 4.78 is 19.7. The number of anilines is 1. The van der Waals surface area contributed by atoms with Crippen LogP contribution in [0.25, 0.3) is 16.0 Å². The topological polar surface area (TPSA) is 79.7 Å². The third-order valence-corrected chi connectivity index (χ3v) is 6.81. The minimum atomic E-state index is -1.00. The Balaban J connectivity index is 1.71. The maximum absolute atomic E-state index is 13.7. The quantitative estimate of drug-likeness (QED) is 0.223. The van der Waals surface area contributed by atoms with E-state index in [0.717, 1.165) is 4.70 Å². The summed E-state index contributed by atoms with van der Waals surface area (Å²) in [6, 6.07) is 16.0. The average molecular weight is 495 g/mol. The summed E-state index contributed by atoms with van der Waals surface area (Å²) in [6.07, 6.45) is 0. The number of aromatic nitrogens is 1. The number of nitrogens with zero attached hydrogens (tertiary/aromatic N) is 2. The van der Waals surface area contributed by atoms with E-state index in [1.165, 1.54) is 40.5 Å². The van der Waals surface area contributed by atoms with Crippen molar-refractivity contribution >= 4 is 55.7 Å². The minimum absolute atomic E-state index is 0.115. The van der Waals surface area contributed by atoms with Crippen LogP contribution in [0.15, 0.2) is 72.3 Å². The average Bonchev–Trinajstić information content (AvgIpc) is 3.37. The van der Waals surface area contributed by atoms with Gasteiger partial charge in [0, 0.05) is 10.6 Å². The number of ketones is 1. The predicted octanol–water partition coefficient (Wildman–Crippen LogP) is 5.72. The maximum Gasteiger partial charge on any atom is 0.301 e. The molecule has 0 bridgehead atoms. The van der Waals surface area contributed by atoms with Crippen molar-refractivity contribution in [3.8, 4) is 5.75 Å². The lowest BCUT2D eigenvalue weighted by Gasteiger charge is -2.23. The number of benzene rings is 3. The van der Waals surface area contributed by atoms with Crippen LogP contribution in [0.4, 0.5) is 9.52 Å². The third-order valence-electron chi connectivity index (χ3n) is 5.54. The van der Waals surface area contributed by atoms with E-state index >= 15 is 0 Å². The molecule has 0 saturated carbocycles. The first-order valence-electron chi connectivity index (χ1n) is 10.1. The first kappa shape index (κ1) is 22.1. The molecule has 1 aliphatic heterocycles. The largest absolute Gasteiger partial charge is 0.507 e. The summed E-state index contributed by atoms with van der Waals surface area (Å²) in [5.74, 6) is -1.89. The third kappa shape index (κ3) is 3.70. The molecule has 5 rings (SSSR count). The van der Waals surface area contributed by atoms with Crippen molar-refractivity contribution in [2.45, 2.75) is 6.04 Å². The van der Waals surface area contributed by atoms with Gasteiger partial charge in [-0.1, -0.05) is 35.1 Å². The van der Waals surface area contributed by atoms with Gasteiger partial charge in [0.25, 0.3) is 5.78 Å². The Bertz CT molecular complexity index is 1460. The summed E-state index contributed by atoms with van der Waals surface area (Å²) in [6.45, 7) is 0. The van der Waals surface area contributed by atoms with Crippen LogP contribution in [0, 0.1) is 5.82 Å². The van der Waals surface area contributed by atoms with E-state index in [4.69, 9.17) is 16.3 Å². The van der Waals surface area contributed by atoms with Crippen molar-refractivity contribution in [1.82, 2.24) is 4.98 Å². The van der Waals surface area contributed by atoms with Gasteiger partial charge in [0.2, 0.25) is 0 Å². The van der Waals surface area contributed by atoms with Crippen LogP contribution in [-0.4, -0.2) is 28.9 Å². The van der Waals surface area contributed by atoms with E-state index < -0.39 is 23.5 Å². The molecule has 170 valence electrons. The lowest BCUT2D eigenvalue weighted by atomic mass is 9.95. The monoisotopic (exact) mass is 494 g/mol. The maximum atomic E-state index is 13.7. The highest BCUT2D eigenvalue weighted by molar-refractivity contribution is 7.22. The zero-order valence-corrected chi connectivity index (χ0v) is 19.2. The number of hydrogen-bond donors (Lipinski definition) is 1. The number of Topliss-reactive ketones (excluding diaryl/α,β-unsaturated/α-hetero) is 1. The van der Waals surface area contributed by atoms with E-state index in [-0.39, 0.29) is 16.5 Å². The fraction of sp³-hybridized carbons (Fsp3) is 0.0800. The Hall–Kier alpha value is -3.75. The molecule has 0 unspecified atom stereocenters. The molecule has 9 heteroatoms. The molecule has 1 saturated heterocycles. The number of aliphatic hydroxyl groups is 1. The molecule has 0 spiro atoms. The van der Waals surface area contributed by atoms with Crippen molar-refractivity contribution in [2.75, 3.05) is 12.0 Å². The SMILES string of the molecule is COc1ccc2nc(N3C(=O)C(=O)/C(=C(/O)c4ccc(Cl)cc4)[C@@H]3c3ccc(F)cc3)sc2c1. The predicted molar refractivity (Wildman–Crippen MR) is 129 cm³/mol. The van der Waals surface area contributed by atoms with Gasteiger partial charge in [-0.3, -0.25) is 14.5 Å². The molecule has 34 heavy (non-hydrogen) atoms. The molecule has 1 fully saturated rings. The molecule has 1 N–H and O–H groups in total. The second kappa shape index (κ2) is 8.55. The molecule has 1 aromatic heterocycles. The van der Waals surface area contributed by atoms with Crippen LogP contribution in [0.3, 0.4) is 0 Å². The fourth-order valence-electron chi connectivity index (χ4n) is 3.88. The van der Waals surface area contributed by atoms with Crippen molar-refractivity contribution in [2.24, 2.45) is 0 Å². The van der Waals surface area contributed by atoms with E-state index in [9.17, 15) is 19.1 Å². The van der Waals surface area contributed by atoms with Gasteiger partial charge in [-0.25, -0.2) is 9.37 Å². The number of hydrogen-bond acceptors (Lipinski definition) is 6. The number of ether oxygens (including phenoxy) is 1. The van der Waals surface area contributed by atoms with Gasteiger partial charge in [-0.05, 0) is 60.2 Å². The van der Waals surface area contributed by atoms with Gasteiger partial charge >= 0.3 is 5.91 Å². The lowest BCUT2D eigenvalue weighted by molar-refractivity contribution is -0.132. The summed E-state index contributed by atoms with van der Waals surface area (Å²) in [5.41, 5.74) is 1.28. The molecule has 3 aromatic carbocycles. The molecule has 1 aliphatic rings. The summed E-state index contributed by atoms with van der Waals surface area (Å²) >= 11 is 7.16. The van der Waals surface area contributed by atoms with Crippen LogP contribution in [0.5, 0.6) is 5.75 Å². The fourth-order valence-corrected chi connectivity index (χ4v) is 5.02. The zero-order valence-electron chi connectivity index (χ0n) is 17.7. The molecule has 6 nitrogen and oxygen atoms in total. The number of methoxy groups -OCH3 is 1. The summed E-state index contributed by atoms with van der Waals surface area (Å²) in [7, 11) is 1.55. The summed E-state index contributed by atoms with van der Waals surface area (Å²) in [5, 5.41) is 11.8. The van der Waals surface area contributed by atoms with E-state index in [1.54, 1.807) is 49.6 Å². The van der Waals surface area contributed by atoms with Crippen molar-refractivity contribution < 1.29 is 23.8 Å². The van der Waals surface area contributed by atoms with Crippen molar-refractivity contribution in [3.05, 3.63) is 94.3 Å². The number of rotatable bonds is 4. The minimum Gasteiger partial charge on any atom is -0.507 e. The van der Waals surface area contributed by atoms with Crippen molar-refractivity contribution in [3.63, 3.8) is 0 Å². The first-order chi connectivity index (χ1) is 16.4. The Morgan fingerprint density at radius 3 is 2.47 bits per heavy atom. The second-order valence-electron chi connectivity index (χ2n) is 7.56. The molecule has 0 aliphatic carbocycles. The Labute approximate surface area is 202 Å². The van der Waals surface area contributed by atoms with Crippen molar-refractivity contribution in [1.29, 1.82) is 0 Å². The highest BCUT2D eigenvalue weighted by Crippen LogP contribution is 2.44. The normalized spacial score (nSPS) is 17.5. The van der Waals surface area contributed by atoms with E-state index in [2.05, 4.69) is 4.98 Å². The standard InChI is InChI=1S/C25H16ClFN2O4S/c1-33-17-10-11-18-19(12-17)34-25(28-18)29-21(13-4-8-16(27)9-5-13)20(23(31)24(29)32)22(30)14-2-6-15(26)7-3-14/h2-12,21,30H,1H3/b22-20+/t21-/m0/s1. The van der Waals surface area contributed by atoms with Crippen LogP contribution in [-0.2, 0) is 9.59 Å². The molecule has 1 amide bonds. The molecule has 1 atom stereocenters. The van der Waals surface area contributed by atoms with Crippen LogP contribution in [0.2, 0.25) is 5.02 Å². The smallest absolute Gasteiger partial charge is 0.301 e. The Morgan fingerprint density at radius 2 is 1.79 bits per heavy atom. The molecule has 4 aromatic rings. The summed E-state index contributed by atoms with van der Waals surface area (Å²) in [4.78, 5) is 32.2. The van der Waals surface area contributed by atoms with Gasteiger partial charge < -0.3 is 9.84 Å². The van der Waals surface area contributed by atoms with Gasteiger partial charge in [-0.2, -0.15) is 0 Å². The molecular formula is C25H16ClFN2O4S. The number of carbonyl (C=O) groups is 2. The van der Waals surface area contributed by atoms with Crippen LogP contribution in [0.1, 0.15) is 17.2 Å². The number of thiazole rings is 1. The van der Waals surface area contributed by atoms with Gasteiger partial charge in [0.15, 0.2) is 5.13 Å². The van der Waals surface area contributed by atoms with Gasteiger partial charge in [0.1, 0.15) is 17.3 Å². The zero-order chi connectivity index (χ0) is 24.0. The van der Waals surface area contributed by atoms with Crippen LogP contribution >= 0.6 is 22.9 Å². The van der Waals surface area contributed by atoms with Gasteiger partial charge in [0.05, 0.1) is 28.9 Å². The molecule has 0 radical (unpaired) electrons. The molecule has 2 heterocycles. The van der Waals surface area contributed by atoms with Gasteiger partial charge in [-0.15, -0.1) is 0 Å². The second-order valence-corrected chi connectivity index (χ2v) is 9.00. The van der Waals surface area contributed by atoms with Crippen LogP contribution < -0.4 is 9.64 Å². The first-order valence-corrected chi connectivity index (χ1v) is 11.3. The van der Waals surface area contributed by atoms with E-state index in [0.29, 0.717) is 27.4 Å². The Morgan fingerprint density at radius 1 is 1.09 bits per heavy atom. The number of halogens is 2. The molecular weight excluding hydrogens is 479 g/mol. The number of fused-ring (bicyclic) bond motifs is 1. The Kier molecular flexibility index (Phi) is 5.55. The van der Waals surface area contributed by atoms with E-state index in [1.807, 2.05) is 0 Å². The highest BCUT2D eigenvalue weighted by Gasteiger charge is 2.48. The lowest BCUT2D eigenvalue weighted by Crippen LogP contribution is -2.29.